The first-order valence-electron chi connectivity index (χ1n) is 7.65. The predicted octanol–water partition coefficient (Wildman–Crippen LogP) is 3.44. The van der Waals surface area contributed by atoms with Gasteiger partial charge in [0, 0.05) is 29.7 Å². The summed E-state index contributed by atoms with van der Waals surface area (Å²) in [7, 11) is 0. The molecule has 2 rings (SSSR count). The maximum atomic E-state index is 11.9. The first-order valence-corrected chi connectivity index (χ1v) is 8.44. The van der Waals surface area contributed by atoms with Gasteiger partial charge in [-0.1, -0.05) is 22.9 Å². The second-order valence-corrected chi connectivity index (χ2v) is 6.65. The number of nitrogens with two attached hydrogens (primary N) is 1. The molecule has 1 saturated heterocycles. The minimum atomic E-state index is -0.0501. The summed E-state index contributed by atoms with van der Waals surface area (Å²) < 4.78 is 0.985. The molecule has 1 aliphatic heterocycles. The fourth-order valence-electron chi connectivity index (χ4n) is 2.53. The Bertz CT molecular complexity index is 535. The molecule has 1 atom stereocenters. The molecule has 0 aromatic heterocycles. The van der Waals surface area contributed by atoms with Gasteiger partial charge in [0.2, 0.25) is 5.91 Å². The van der Waals surface area contributed by atoms with Gasteiger partial charge in [-0.3, -0.25) is 9.79 Å². The van der Waals surface area contributed by atoms with Gasteiger partial charge in [0.25, 0.3) is 0 Å². The van der Waals surface area contributed by atoms with Crippen LogP contribution in [0.25, 0.3) is 0 Å². The Kier molecular flexibility index (Phi) is 8.90. The lowest BCUT2D eigenvalue weighted by atomic mass is 10.0. The number of likely N-dealkylation sites (tertiary alicyclic amines) is 1. The van der Waals surface area contributed by atoms with Crippen molar-refractivity contribution in [3.8, 4) is 0 Å². The molecule has 1 aromatic rings. The minimum absolute atomic E-state index is 0. The number of nitrogens with one attached hydrogen (secondary N) is 1. The number of carbonyl (C=O) groups excluding carboxylic acids is 1. The van der Waals surface area contributed by atoms with Gasteiger partial charge in [-0.15, -0.1) is 24.0 Å². The van der Waals surface area contributed by atoms with Crippen LogP contribution in [0, 0.1) is 5.92 Å². The van der Waals surface area contributed by atoms with E-state index >= 15 is 0 Å². The van der Waals surface area contributed by atoms with Crippen molar-refractivity contribution in [3.63, 3.8) is 0 Å². The number of rotatable bonds is 4. The van der Waals surface area contributed by atoms with E-state index in [0.29, 0.717) is 24.8 Å². The number of piperidine rings is 1. The van der Waals surface area contributed by atoms with Gasteiger partial charge in [-0.05, 0) is 43.0 Å². The molecule has 128 valence electrons. The number of halogens is 2. The van der Waals surface area contributed by atoms with Crippen molar-refractivity contribution in [2.24, 2.45) is 16.6 Å². The highest BCUT2D eigenvalue weighted by molar-refractivity contribution is 14.0. The molecule has 23 heavy (non-hydrogen) atoms. The fraction of sp³-hybridized carbons (Fsp3) is 0.500. The Morgan fingerprint density at radius 3 is 2.78 bits per heavy atom. The number of hydrogen-bond donors (Lipinski definition) is 2. The second kappa shape index (κ2) is 10.1. The highest BCUT2D eigenvalue weighted by Gasteiger charge is 2.17. The van der Waals surface area contributed by atoms with E-state index in [-0.39, 0.29) is 29.9 Å². The number of guanidine groups is 1. The molecule has 7 heteroatoms. The zero-order chi connectivity index (χ0) is 15.9. The molecule has 1 unspecified atom stereocenters. The summed E-state index contributed by atoms with van der Waals surface area (Å²) in [6.07, 6.45) is 2.74. The topological polar surface area (TPSA) is 70.7 Å². The van der Waals surface area contributed by atoms with Gasteiger partial charge in [-0.2, -0.15) is 0 Å². The van der Waals surface area contributed by atoms with Crippen LogP contribution in [0.5, 0.6) is 0 Å². The van der Waals surface area contributed by atoms with E-state index in [2.05, 4.69) is 38.1 Å². The molecule has 1 aliphatic rings. The lowest BCUT2D eigenvalue weighted by molar-refractivity contribution is -0.116. The number of aliphatic imine (C=N–C) groups is 1. The van der Waals surface area contributed by atoms with E-state index in [1.807, 2.05) is 24.3 Å². The summed E-state index contributed by atoms with van der Waals surface area (Å²) in [6.45, 7) is 4.56. The molecule has 1 fully saturated rings. The molecule has 5 nitrogen and oxygen atoms in total. The quantitative estimate of drug-likeness (QED) is 0.382. The normalized spacial score (nSPS) is 18.3. The van der Waals surface area contributed by atoms with Gasteiger partial charge < -0.3 is 16.0 Å². The molecule has 3 N–H and O–H groups in total. The molecular weight excluding hydrogens is 471 g/mol. The zero-order valence-corrected chi connectivity index (χ0v) is 17.2. The Balaban J connectivity index is 0.00000264. The van der Waals surface area contributed by atoms with Crippen LogP contribution in [0.2, 0.25) is 0 Å². The van der Waals surface area contributed by atoms with E-state index in [1.165, 1.54) is 6.42 Å². The highest BCUT2D eigenvalue weighted by atomic mass is 127. The maximum absolute atomic E-state index is 11.9. The van der Waals surface area contributed by atoms with Crippen molar-refractivity contribution in [2.45, 2.75) is 26.2 Å². The molecule has 0 spiro atoms. The predicted molar refractivity (Wildman–Crippen MR) is 109 cm³/mol. The molecule has 0 radical (unpaired) electrons. The lowest BCUT2D eigenvalue weighted by Gasteiger charge is -2.31. The lowest BCUT2D eigenvalue weighted by Crippen LogP contribution is -2.43. The zero-order valence-electron chi connectivity index (χ0n) is 13.3. The first-order chi connectivity index (χ1) is 10.5. The number of nitrogens with zero attached hydrogens (tertiary/aromatic N) is 2. The van der Waals surface area contributed by atoms with E-state index in [1.54, 1.807) is 0 Å². The fourth-order valence-corrected chi connectivity index (χ4v) is 2.79. The number of carbonyl (C=O) groups is 1. The van der Waals surface area contributed by atoms with Crippen LogP contribution in [-0.4, -0.2) is 36.4 Å². The van der Waals surface area contributed by atoms with Crippen LogP contribution in [0.4, 0.5) is 5.69 Å². The Labute approximate surface area is 163 Å². The van der Waals surface area contributed by atoms with Crippen LogP contribution >= 0.6 is 39.9 Å². The largest absolute Gasteiger partial charge is 0.370 e. The second-order valence-electron chi connectivity index (χ2n) is 5.74. The van der Waals surface area contributed by atoms with E-state index in [9.17, 15) is 4.79 Å². The first kappa shape index (κ1) is 20.2. The van der Waals surface area contributed by atoms with Crippen molar-refractivity contribution < 1.29 is 4.79 Å². The Hall–Kier alpha value is -0.830. The monoisotopic (exact) mass is 494 g/mol. The maximum Gasteiger partial charge on any atom is 0.226 e. The summed E-state index contributed by atoms with van der Waals surface area (Å²) in [5.74, 6) is 1.16. The van der Waals surface area contributed by atoms with Crippen LogP contribution < -0.4 is 11.1 Å². The van der Waals surface area contributed by atoms with Crippen LogP contribution in [-0.2, 0) is 4.79 Å². The molecule has 1 heterocycles. The molecule has 1 aromatic carbocycles. The van der Waals surface area contributed by atoms with Crippen LogP contribution in [0.1, 0.15) is 26.2 Å². The molecule has 0 aliphatic carbocycles. The van der Waals surface area contributed by atoms with Crippen molar-refractivity contribution in [1.82, 2.24) is 4.90 Å². The average Bonchev–Trinajstić information content (AvgIpc) is 2.49. The molecule has 0 bridgehead atoms. The molecule has 1 amide bonds. The standard InChI is InChI=1S/C16H23BrN4O.HI/c1-12-3-2-10-21(11-12)16(18)19-9-8-15(22)20-14-6-4-13(17)5-7-14;/h4-7,12H,2-3,8-11H2,1H3,(H2,18,19)(H,20,22);1H. The molecular formula is C16H24BrIN4O. The van der Waals surface area contributed by atoms with Gasteiger partial charge in [0.15, 0.2) is 5.96 Å². The SMILES string of the molecule is CC1CCCN(C(N)=NCCC(=O)Nc2ccc(Br)cc2)C1.I. The van der Waals surface area contributed by atoms with Crippen LogP contribution in [0.3, 0.4) is 0 Å². The van der Waals surface area contributed by atoms with E-state index in [4.69, 9.17) is 5.73 Å². The third-order valence-electron chi connectivity index (χ3n) is 3.72. The number of hydrogen-bond acceptors (Lipinski definition) is 2. The number of benzene rings is 1. The van der Waals surface area contributed by atoms with Crippen molar-refractivity contribution in [3.05, 3.63) is 28.7 Å². The van der Waals surface area contributed by atoms with Crippen molar-refractivity contribution >= 4 is 57.5 Å². The third kappa shape index (κ3) is 7.07. The van der Waals surface area contributed by atoms with E-state index < -0.39 is 0 Å². The summed E-state index contributed by atoms with van der Waals surface area (Å²) >= 11 is 3.36. The highest BCUT2D eigenvalue weighted by Crippen LogP contribution is 2.15. The van der Waals surface area contributed by atoms with E-state index in [0.717, 1.165) is 29.7 Å². The molecule has 0 saturated carbocycles. The summed E-state index contributed by atoms with van der Waals surface area (Å²) in [6, 6.07) is 7.50. The Morgan fingerprint density at radius 2 is 2.13 bits per heavy atom. The van der Waals surface area contributed by atoms with Gasteiger partial charge >= 0.3 is 0 Å². The van der Waals surface area contributed by atoms with Crippen molar-refractivity contribution in [2.75, 3.05) is 25.0 Å². The van der Waals surface area contributed by atoms with Crippen molar-refractivity contribution in [1.29, 1.82) is 0 Å². The average molecular weight is 495 g/mol. The smallest absolute Gasteiger partial charge is 0.226 e. The minimum Gasteiger partial charge on any atom is -0.370 e. The van der Waals surface area contributed by atoms with Crippen LogP contribution in [0.15, 0.2) is 33.7 Å². The van der Waals surface area contributed by atoms with Gasteiger partial charge in [0.05, 0.1) is 6.54 Å². The number of anilines is 1. The van der Waals surface area contributed by atoms with Gasteiger partial charge in [0.1, 0.15) is 0 Å². The summed E-state index contributed by atoms with van der Waals surface area (Å²) in [5, 5.41) is 2.85. The van der Waals surface area contributed by atoms with Gasteiger partial charge in [-0.25, -0.2) is 0 Å². The third-order valence-corrected chi connectivity index (χ3v) is 4.25. The summed E-state index contributed by atoms with van der Waals surface area (Å²) in [5.41, 5.74) is 6.79. The summed E-state index contributed by atoms with van der Waals surface area (Å²) in [4.78, 5) is 18.3. The number of amides is 1. The Morgan fingerprint density at radius 1 is 1.43 bits per heavy atom.